The number of rotatable bonds is 2. The second-order valence-corrected chi connectivity index (χ2v) is 8.93. The third-order valence-corrected chi connectivity index (χ3v) is 8.01. The highest BCUT2D eigenvalue weighted by atomic mass is 32.2. The minimum atomic E-state index is 0.0934. The van der Waals surface area contributed by atoms with Gasteiger partial charge in [0.05, 0.1) is 5.25 Å². The predicted octanol–water partition coefficient (Wildman–Crippen LogP) is 3.64. The van der Waals surface area contributed by atoms with Crippen molar-refractivity contribution in [1.82, 2.24) is 5.32 Å². The highest BCUT2D eigenvalue weighted by Gasteiger charge is 2.54. The Morgan fingerprint density at radius 1 is 1.09 bits per heavy atom. The molecule has 22 heavy (non-hydrogen) atoms. The fourth-order valence-corrected chi connectivity index (χ4v) is 7.04. The smallest absolute Gasteiger partial charge is 0.234 e. The summed E-state index contributed by atoms with van der Waals surface area (Å²) in [4.78, 5) is 14.0. The van der Waals surface area contributed by atoms with E-state index < -0.39 is 0 Å². The van der Waals surface area contributed by atoms with Gasteiger partial charge in [-0.25, -0.2) is 0 Å². The van der Waals surface area contributed by atoms with Crippen molar-refractivity contribution in [2.75, 3.05) is 0 Å². The molecule has 3 fully saturated rings. The molecule has 0 aromatic heterocycles. The normalized spacial score (nSPS) is 41.5. The van der Waals surface area contributed by atoms with E-state index in [-0.39, 0.29) is 11.2 Å². The average Bonchev–Trinajstić information content (AvgIpc) is 3.26. The van der Waals surface area contributed by atoms with Crippen LogP contribution in [0.1, 0.15) is 37.7 Å². The highest BCUT2D eigenvalue weighted by Crippen LogP contribution is 2.58. The standard InChI is InChI=1S/C19H23NOS/c21-19(18-10-11-4-1-2-7-17(11)22-18)20-16-9-12-8-15(16)14-6-3-5-13(12)14/h1-2,4,7,12-16,18H,3,5-6,8-10H2,(H,20,21). The Hall–Kier alpha value is -0.960. The Morgan fingerprint density at radius 3 is 2.86 bits per heavy atom. The molecule has 1 aromatic carbocycles. The van der Waals surface area contributed by atoms with Crippen LogP contribution in [0.3, 0.4) is 0 Å². The lowest BCUT2D eigenvalue weighted by molar-refractivity contribution is -0.121. The fourth-order valence-electron chi connectivity index (χ4n) is 5.84. The van der Waals surface area contributed by atoms with E-state index in [4.69, 9.17) is 0 Å². The van der Waals surface area contributed by atoms with E-state index in [0.717, 1.165) is 30.1 Å². The van der Waals surface area contributed by atoms with E-state index in [0.29, 0.717) is 6.04 Å². The van der Waals surface area contributed by atoms with Crippen molar-refractivity contribution in [1.29, 1.82) is 0 Å². The van der Waals surface area contributed by atoms with Crippen LogP contribution in [0, 0.1) is 23.7 Å². The maximum atomic E-state index is 12.7. The summed E-state index contributed by atoms with van der Waals surface area (Å²) in [5.74, 6) is 3.92. The minimum Gasteiger partial charge on any atom is -0.352 e. The summed E-state index contributed by atoms with van der Waals surface area (Å²) in [5, 5.41) is 3.53. The van der Waals surface area contributed by atoms with Gasteiger partial charge in [-0.3, -0.25) is 4.79 Å². The van der Waals surface area contributed by atoms with Crippen molar-refractivity contribution >= 4 is 17.7 Å². The van der Waals surface area contributed by atoms with E-state index >= 15 is 0 Å². The largest absolute Gasteiger partial charge is 0.352 e. The number of nitrogens with one attached hydrogen (secondary N) is 1. The zero-order valence-corrected chi connectivity index (χ0v) is 13.6. The molecule has 3 aliphatic carbocycles. The quantitative estimate of drug-likeness (QED) is 0.903. The maximum Gasteiger partial charge on any atom is 0.234 e. The molecule has 116 valence electrons. The van der Waals surface area contributed by atoms with Crippen molar-refractivity contribution in [3.05, 3.63) is 29.8 Å². The molecule has 2 nitrogen and oxygen atoms in total. The highest BCUT2D eigenvalue weighted by molar-refractivity contribution is 8.01. The topological polar surface area (TPSA) is 29.1 Å². The van der Waals surface area contributed by atoms with Gasteiger partial charge < -0.3 is 5.32 Å². The van der Waals surface area contributed by atoms with Crippen LogP contribution in [0.5, 0.6) is 0 Å². The first-order chi connectivity index (χ1) is 10.8. The molecule has 0 spiro atoms. The summed E-state index contributed by atoms with van der Waals surface area (Å²) in [6.07, 6.45) is 7.85. The SMILES string of the molecule is O=C(NC1CC2CC1C1CCCC21)C1Cc2ccccc2S1. The van der Waals surface area contributed by atoms with Gasteiger partial charge in [-0.1, -0.05) is 24.6 Å². The van der Waals surface area contributed by atoms with Crippen molar-refractivity contribution in [3.63, 3.8) is 0 Å². The third-order valence-electron chi connectivity index (χ3n) is 6.70. The van der Waals surface area contributed by atoms with Crippen LogP contribution in [0.25, 0.3) is 0 Å². The molecule has 2 bridgehead atoms. The summed E-state index contributed by atoms with van der Waals surface area (Å²) in [7, 11) is 0. The summed E-state index contributed by atoms with van der Waals surface area (Å²) in [6.45, 7) is 0. The van der Waals surface area contributed by atoms with Crippen LogP contribution < -0.4 is 5.32 Å². The number of amides is 1. The summed E-state index contributed by atoms with van der Waals surface area (Å²) in [5.41, 5.74) is 1.34. The van der Waals surface area contributed by atoms with Crippen LogP contribution in [0.4, 0.5) is 0 Å². The van der Waals surface area contributed by atoms with Crippen LogP contribution in [0.15, 0.2) is 29.2 Å². The second-order valence-electron chi connectivity index (χ2n) is 7.69. The molecule has 6 unspecified atom stereocenters. The van der Waals surface area contributed by atoms with E-state index in [1.54, 1.807) is 11.8 Å². The minimum absolute atomic E-state index is 0.0934. The zero-order chi connectivity index (χ0) is 14.7. The number of thioether (sulfide) groups is 1. The fraction of sp³-hybridized carbons (Fsp3) is 0.632. The Labute approximate surface area is 136 Å². The Morgan fingerprint density at radius 2 is 1.95 bits per heavy atom. The van der Waals surface area contributed by atoms with Crippen molar-refractivity contribution in [3.8, 4) is 0 Å². The van der Waals surface area contributed by atoms with Crippen LogP contribution in [-0.2, 0) is 11.2 Å². The molecule has 1 aliphatic heterocycles. The van der Waals surface area contributed by atoms with Crippen LogP contribution in [0.2, 0.25) is 0 Å². The molecular weight excluding hydrogens is 290 g/mol. The van der Waals surface area contributed by atoms with E-state index in [1.165, 1.54) is 42.6 Å². The molecule has 5 rings (SSSR count). The first-order valence-electron chi connectivity index (χ1n) is 8.84. The molecule has 1 aromatic rings. The molecule has 0 radical (unpaired) electrons. The number of hydrogen-bond acceptors (Lipinski definition) is 2. The van der Waals surface area contributed by atoms with Crippen molar-refractivity contribution < 1.29 is 4.79 Å². The van der Waals surface area contributed by atoms with E-state index in [2.05, 4.69) is 29.6 Å². The molecule has 6 atom stereocenters. The molecule has 4 aliphatic rings. The lowest BCUT2D eigenvalue weighted by Gasteiger charge is -2.32. The predicted molar refractivity (Wildman–Crippen MR) is 88.8 cm³/mol. The van der Waals surface area contributed by atoms with Gasteiger partial charge in [0.1, 0.15) is 0 Å². The van der Waals surface area contributed by atoms with Crippen molar-refractivity contribution in [2.45, 2.75) is 54.7 Å². The van der Waals surface area contributed by atoms with Gasteiger partial charge in [-0.05, 0) is 67.4 Å². The van der Waals surface area contributed by atoms with Gasteiger partial charge in [0.2, 0.25) is 5.91 Å². The lowest BCUT2D eigenvalue weighted by Crippen LogP contribution is -2.45. The molecule has 0 saturated heterocycles. The van der Waals surface area contributed by atoms with Crippen LogP contribution >= 0.6 is 11.8 Å². The molecule has 1 heterocycles. The number of hydrogen-bond donors (Lipinski definition) is 1. The summed E-state index contributed by atoms with van der Waals surface area (Å²) < 4.78 is 0. The van der Waals surface area contributed by atoms with Gasteiger partial charge >= 0.3 is 0 Å². The van der Waals surface area contributed by atoms with Crippen molar-refractivity contribution in [2.24, 2.45) is 23.7 Å². The monoisotopic (exact) mass is 313 g/mol. The van der Waals surface area contributed by atoms with Gasteiger partial charge in [-0.2, -0.15) is 0 Å². The molecular formula is C19H23NOS. The molecule has 3 heteroatoms. The summed E-state index contributed by atoms with van der Waals surface area (Å²) >= 11 is 1.76. The Bertz CT molecular complexity index is 590. The Balaban J connectivity index is 1.25. The summed E-state index contributed by atoms with van der Waals surface area (Å²) in [6, 6.07) is 8.93. The Kier molecular flexibility index (Phi) is 3.08. The van der Waals surface area contributed by atoms with Gasteiger partial charge in [0.15, 0.2) is 0 Å². The van der Waals surface area contributed by atoms with Crippen LogP contribution in [-0.4, -0.2) is 17.2 Å². The van der Waals surface area contributed by atoms with E-state index in [9.17, 15) is 4.79 Å². The lowest BCUT2D eigenvalue weighted by atomic mass is 9.79. The van der Waals surface area contributed by atoms with E-state index in [1.807, 2.05) is 0 Å². The first-order valence-corrected chi connectivity index (χ1v) is 9.72. The number of carbonyl (C=O) groups excluding carboxylic acids is 1. The van der Waals surface area contributed by atoms with Gasteiger partial charge in [0, 0.05) is 10.9 Å². The number of fused-ring (bicyclic) bond motifs is 6. The maximum absolute atomic E-state index is 12.7. The number of benzene rings is 1. The van der Waals surface area contributed by atoms with Gasteiger partial charge in [-0.15, -0.1) is 11.8 Å². The zero-order valence-electron chi connectivity index (χ0n) is 12.8. The van der Waals surface area contributed by atoms with Gasteiger partial charge in [0.25, 0.3) is 0 Å². The molecule has 1 N–H and O–H groups in total. The third kappa shape index (κ3) is 1.97. The second kappa shape index (κ2) is 5.02. The average molecular weight is 313 g/mol. The first kappa shape index (κ1) is 13.5. The number of carbonyl (C=O) groups is 1. The molecule has 1 amide bonds. The molecule has 3 saturated carbocycles.